The summed E-state index contributed by atoms with van der Waals surface area (Å²) in [5.74, 6) is -0.995. The summed E-state index contributed by atoms with van der Waals surface area (Å²) in [6.45, 7) is 4.59. The Bertz CT molecular complexity index is 446. The molecular weight excluding hydrogens is 348 g/mol. The average Bonchev–Trinajstić information content (AvgIpc) is 2.60. The maximum atomic E-state index is 12.2. The smallest absolute Gasteiger partial charge is 0.242 e. The summed E-state index contributed by atoms with van der Waals surface area (Å²) in [5.41, 5.74) is 0. The van der Waals surface area contributed by atoms with Gasteiger partial charge in [-0.25, -0.2) is 0 Å². The maximum absolute atomic E-state index is 12.2. The van der Waals surface area contributed by atoms with Gasteiger partial charge in [0.05, 0.1) is 0 Å². The largest absolute Gasteiger partial charge is 0.356 e. The van der Waals surface area contributed by atoms with Gasteiger partial charge in [-0.3, -0.25) is 19.2 Å². The maximum Gasteiger partial charge on any atom is 0.242 e. The SMILES string of the molecule is CCCC(=O)NCCCC(NC(=O)CC)C(=O)NCCNC(=O)CCl. The normalized spacial score (nSPS) is 11.3. The lowest BCUT2D eigenvalue weighted by molar-refractivity contribution is -0.129. The van der Waals surface area contributed by atoms with E-state index in [4.69, 9.17) is 11.6 Å². The first-order valence-electron chi connectivity index (χ1n) is 8.60. The number of hydrogen-bond donors (Lipinski definition) is 4. The molecule has 0 saturated carbocycles. The van der Waals surface area contributed by atoms with Crippen molar-refractivity contribution in [2.75, 3.05) is 25.5 Å². The predicted molar refractivity (Wildman–Crippen MR) is 96.1 cm³/mol. The minimum absolute atomic E-state index is 0.0175. The molecule has 1 unspecified atom stereocenters. The quantitative estimate of drug-likeness (QED) is 0.268. The Morgan fingerprint density at radius 3 is 2.12 bits per heavy atom. The lowest BCUT2D eigenvalue weighted by Gasteiger charge is -2.18. The van der Waals surface area contributed by atoms with E-state index in [1.807, 2.05) is 6.92 Å². The highest BCUT2D eigenvalue weighted by Gasteiger charge is 2.19. The van der Waals surface area contributed by atoms with E-state index in [-0.39, 0.29) is 49.0 Å². The second kappa shape index (κ2) is 14.5. The van der Waals surface area contributed by atoms with E-state index in [9.17, 15) is 19.2 Å². The second-order valence-corrected chi connectivity index (χ2v) is 5.76. The third-order valence-electron chi connectivity index (χ3n) is 3.31. The Hall–Kier alpha value is -1.83. The van der Waals surface area contributed by atoms with Gasteiger partial charge in [0.2, 0.25) is 23.6 Å². The molecule has 9 heteroatoms. The Balaban J connectivity index is 4.26. The summed E-state index contributed by atoms with van der Waals surface area (Å²) < 4.78 is 0. The van der Waals surface area contributed by atoms with Crippen molar-refractivity contribution >= 4 is 35.2 Å². The van der Waals surface area contributed by atoms with Crippen LogP contribution in [0.25, 0.3) is 0 Å². The average molecular weight is 377 g/mol. The molecule has 4 N–H and O–H groups in total. The third kappa shape index (κ3) is 12.2. The molecule has 144 valence electrons. The van der Waals surface area contributed by atoms with Crippen LogP contribution in [0.5, 0.6) is 0 Å². The van der Waals surface area contributed by atoms with E-state index in [2.05, 4.69) is 21.3 Å². The highest BCUT2D eigenvalue weighted by molar-refractivity contribution is 6.27. The zero-order chi connectivity index (χ0) is 19.1. The third-order valence-corrected chi connectivity index (χ3v) is 3.55. The molecule has 0 aromatic carbocycles. The number of amides is 4. The van der Waals surface area contributed by atoms with Gasteiger partial charge in [0.1, 0.15) is 11.9 Å². The molecule has 0 aliphatic rings. The summed E-state index contributed by atoms with van der Waals surface area (Å²) in [4.78, 5) is 46.2. The fourth-order valence-electron chi connectivity index (χ4n) is 1.97. The summed E-state index contributed by atoms with van der Waals surface area (Å²) in [6.07, 6.45) is 2.52. The molecule has 25 heavy (non-hydrogen) atoms. The number of nitrogens with one attached hydrogen (secondary N) is 4. The number of hydrogen-bond acceptors (Lipinski definition) is 4. The first kappa shape index (κ1) is 23.2. The summed E-state index contributed by atoms with van der Waals surface area (Å²) in [6, 6.07) is -0.667. The second-order valence-electron chi connectivity index (χ2n) is 5.49. The van der Waals surface area contributed by atoms with Gasteiger partial charge < -0.3 is 21.3 Å². The molecule has 0 fully saturated rings. The molecule has 4 amide bonds. The molecule has 0 saturated heterocycles. The van der Waals surface area contributed by atoms with Crippen molar-refractivity contribution in [2.24, 2.45) is 0 Å². The Morgan fingerprint density at radius 2 is 1.52 bits per heavy atom. The Morgan fingerprint density at radius 1 is 0.880 bits per heavy atom. The molecule has 0 aliphatic heterocycles. The van der Waals surface area contributed by atoms with Gasteiger partial charge in [-0.15, -0.1) is 11.6 Å². The van der Waals surface area contributed by atoms with Gasteiger partial charge in [0.25, 0.3) is 0 Å². The number of carbonyl (C=O) groups excluding carboxylic acids is 4. The number of rotatable bonds is 13. The van der Waals surface area contributed by atoms with Crippen LogP contribution in [0.15, 0.2) is 0 Å². The number of halogens is 1. The van der Waals surface area contributed by atoms with E-state index >= 15 is 0 Å². The molecule has 0 radical (unpaired) electrons. The summed E-state index contributed by atoms with van der Waals surface area (Å²) in [7, 11) is 0. The molecule has 8 nitrogen and oxygen atoms in total. The molecule has 1 atom stereocenters. The first-order chi connectivity index (χ1) is 11.9. The van der Waals surface area contributed by atoms with Crippen LogP contribution in [0.3, 0.4) is 0 Å². The van der Waals surface area contributed by atoms with Crippen molar-refractivity contribution in [3.63, 3.8) is 0 Å². The van der Waals surface area contributed by atoms with Crippen LogP contribution in [0.1, 0.15) is 46.0 Å². The highest BCUT2D eigenvalue weighted by Crippen LogP contribution is 1.99. The highest BCUT2D eigenvalue weighted by atomic mass is 35.5. The minimum atomic E-state index is -0.667. The molecule has 0 aromatic heterocycles. The predicted octanol–water partition coefficient (Wildman–Crippen LogP) is 0.0489. The van der Waals surface area contributed by atoms with Crippen molar-refractivity contribution in [3.05, 3.63) is 0 Å². The van der Waals surface area contributed by atoms with Gasteiger partial charge in [-0.2, -0.15) is 0 Å². The zero-order valence-electron chi connectivity index (χ0n) is 15.0. The number of alkyl halides is 1. The molecule has 0 spiro atoms. The zero-order valence-corrected chi connectivity index (χ0v) is 15.7. The van der Waals surface area contributed by atoms with Crippen LogP contribution < -0.4 is 21.3 Å². The van der Waals surface area contributed by atoms with Crippen LogP contribution in [0.4, 0.5) is 0 Å². The van der Waals surface area contributed by atoms with Crippen LogP contribution >= 0.6 is 11.6 Å². The molecule has 0 bridgehead atoms. The standard InChI is InChI=1S/C16H29ClN4O4/c1-3-6-14(23)18-8-5-7-12(21-13(22)4-2)16(25)20-10-9-19-15(24)11-17/h12H,3-11H2,1-2H3,(H,18,23)(H,19,24)(H,20,25)(H,21,22). The van der Waals surface area contributed by atoms with Crippen LogP contribution in [-0.4, -0.2) is 55.2 Å². The van der Waals surface area contributed by atoms with Gasteiger partial charge in [-0.05, 0) is 19.3 Å². The van der Waals surface area contributed by atoms with Crippen molar-refractivity contribution in [3.8, 4) is 0 Å². The lowest BCUT2D eigenvalue weighted by atomic mass is 10.1. The van der Waals surface area contributed by atoms with Crippen molar-refractivity contribution in [1.82, 2.24) is 21.3 Å². The molecular formula is C16H29ClN4O4. The van der Waals surface area contributed by atoms with E-state index in [1.165, 1.54) is 0 Å². The van der Waals surface area contributed by atoms with Crippen molar-refractivity contribution in [1.29, 1.82) is 0 Å². The molecule has 0 aromatic rings. The van der Waals surface area contributed by atoms with Gasteiger partial charge in [-0.1, -0.05) is 13.8 Å². The van der Waals surface area contributed by atoms with E-state index in [0.29, 0.717) is 25.8 Å². The summed E-state index contributed by atoms with van der Waals surface area (Å²) >= 11 is 5.35. The molecule has 0 aliphatic carbocycles. The van der Waals surface area contributed by atoms with Gasteiger partial charge >= 0.3 is 0 Å². The van der Waals surface area contributed by atoms with Crippen LogP contribution in [0, 0.1) is 0 Å². The van der Waals surface area contributed by atoms with Gasteiger partial charge in [0.15, 0.2) is 0 Å². The summed E-state index contributed by atoms with van der Waals surface area (Å²) in [5, 5.41) is 10.6. The Labute approximate surface area is 153 Å². The minimum Gasteiger partial charge on any atom is -0.356 e. The Kier molecular flexibility index (Phi) is 13.4. The van der Waals surface area contributed by atoms with E-state index in [0.717, 1.165) is 6.42 Å². The number of carbonyl (C=O) groups is 4. The van der Waals surface area contributed by atoms with Crippen LogP contribution in [-0.2, 0) is 19.2 Å². The van der Waals surface area contributed by atoms with Crippen LogP contribution in [0.2, 0.25) is 0 Å². The lowest BCUT2D eigenvalue weighted by Crippen LogP contribution is -2.48. The molecule has 0 heterocycles. The van der Waals surface area contributed by atoms with E-state index < -0.39 is 6.04 Å². The first-order valence-corrected chi connectivity index (χ1v) is 9.14. The van der Waals surface area contributed by atoms with E-state index in [1.54, 1.807) is 6.92 Å². The fourth-order valence-corrected chi connectivity index (χ4v) is 2.07. The molecule has 0 rings (SSSR count). The fraction of sp³-hybridized carbons (Fsp3) is 0.750. The monoisotopic (exact) mass is 376 g/mol. The topological polar surface area (TPSA) is 116 Å². The van der Waals surface area contributed by atoms with Crippen molar-refractivity contribution < 1.29 is 19.2 Å². The van der Waals surface area contributed by atoms with Crippen molar-refractivity contribution in [2.45, 2.75) is 52.0 Å². The van der Waals surface area contributed by atoms with Gasteiger partial charge in [0, 0.05) is 32.5 Å².